The fraction of sp³-hybridized carbons (Fsp3) is 0.318. The molecule has 146 valence electrons. The van der Waals surface area contributed by atoms with Crippen molar-refractivity contribution in [2.45, 2.75) is 33.3 Å². The van der Waals surface area contributed by atoms with Crippen molar-refractivity contribution in [2.75, 3.05) is 18.1 Å². The Morgan fingerprint density at radius 2 is 1.93 bits per heavy atom. The molecule has 0 saturated carbocycles. The topological polar surface area (TPSA) is 72.9 Å². The molecule has 0 aromatic heterocycles. The van der Waals surface area contributed by atoms with Crippen LogP contribution >= 0.6 is 0 Å². The first-order valence-corrected chi connectivity index (χ1v) is 9.34. The second-order valence-corrected chi connectivity index (χ2v) is 6.59. The number of amides is 1. The van der Waals surface area contributed by atoms with Crippen molar-refractivity contribution in [1.82, 2.24) is 0 Å². The highest BCUT2D eigenvalue weighted by Crippen LogP contribution is 2.24. The fourth-order valence-electron chi connectivity index (χ4n) is 3.16. The van der Waals surface area contributed by atoms with E-state index in [4.69, 9.17) is 9.47 Å². The van der Waals surface area contributed by atoms with Crippen LogP contribution in [0.3, 0.4) is 0 Å². The highest BCUT2D eigenvalue weighted by Gasteiger charge is 2.22. The number of anilines is 1. The number of ether oxygens (including phenoxy) is 2. The average molecular weight is 381 g/mol. The first-order chi connectivity index (χ1) is 13.5. The fourth-order valence-corrected chi connectivity index (χ4v) is 3.16. The predicted octanol–water partition coefficient (Wildman–Crippen LogP) is 3.77. The van der Waals surface area contributed by atoms with E-state index in [0.29, 0.717) is 47.7 Å². The first-order valence-electron chi connectivity index (χ1n) is 9.34. The molecule has 1 saturated heterocycles. The van der Waals surface area contributed by atoms with Crippen LogP contribution in [0.2, 0.25) is 0 Å². The lowest BCUT2D eigenvalue weighted by atomic mass is 10.1. The van der Waals surface area contributed by atoms with Crippen LogP contribution in [0.15, 0.2) is 42.5 Å². The van der Waals surface area contributed by atoms with Gasteiger partial charge in [-0.3, -0.25) is 9.59 Å². The molecule has 0 unspecified atom stereocenters. The molecule has 1 heterocycles. The van der Waals surface area contributed by atoms with Gasteiger partial charge in [0, 0.05) is 29.8 Å². The van der Waals surface area contributed by atoms with E-state index in [9.17, 15) is 14.4 Å². The molecule has 0 spiro atoms. The Labute approximate surface area is 164 Å². The monoisotopic (exact) mass is 381 g/mol. The Kier molecular flexibility index (Phi) is 6.09. The largest absolute Gasteiger partial charge is 0.493 e. The maximum Gasteiger partial charge on any atom is 0.338 e. The normalized spacial score (nSPS) is 13.5. The highest BCUT2D eigenvalue weighted by atomic mass is 16.5. The summed E-state index contributed by atoms with van der Waals surface area (Å²) in [5, 5.41) is 0. The van der Waals surface area contributed by atoms with E-state index in [-0.39, 0.29) is 18.3 Å². The van der Waals surface area contributed by atoms with Gasteiger partial charge in [0.25, 0.3) is 0 Å². The van der Waals surface area contributed by atoms with Crippen LogP contribution in [-0.2, 0) is 16.1 Å². The lowest BCUT2D eigenvalue weighted by Gasteiger charge is -2.16. The summed E-state index contributed by atoms with van der Waals surface area (Å²) >= 11 is 0. The summed E-state index contributed by atoms with van der Waals surface area (Å²) in [5.74, 6) is 0.0763. The van der Waals surface area contributed by atoms with Crippen molar-refractivity contribution >= 4 is 23.3 Å². The molecule has 3 rings (SSSR count). The number of ketones is 1. The molecule has 0 aliphatic carbocycles. The lowest BCUT2D eigenvalue weighted by molar-refractivity contribution is -0.117. The Bertz CT molecular complexity index is 906. The zero-order chi connectivity index (χ0) is 20.1. The summed E-state index contributed by atoms with van der Waals surface area (Å²) in [7, 11) is 0. The summed E-state index contributed by atoms with van der Waals surface area (Å²) in [4.78, 5) is 37.8. The van der Waals surface area contributed by atoms with Gasteiger partial charge in [0.05, 0.1) is 12.2 Å². The number of hydrogen-bond acceptors (Lipinski definition) is 5. The quantitative estimate of drug-likeness (QED) is 0.539. The van der Waals surface area contributed by atoms with Crippen molar-refractivity contribution < 1.29 is 23.9 Å². The van der Waals surface area contributed by atoms with E-state index >= 15 is 0 Å². The molecule has 0 N–H and O–H groups in total. The average Bonchev–Trinajstić information content (AvgIpc) is 3.13. The van der Waals surface area contributed by atoms with Gasteiger partial charge >= 0.3 is 5.97 Å². The molecule has 1 aliphatic heterocycles. The third-order valence-corrected chi connectivity index (χ3v) is 4.59. The summed E-state index contributed by atoms with van der Waals surface area (Å²) in [5.41, 5.74) is 2.24. The van der Waals surface area contributed by atoms with Crippen molar-refractivity contribution in [2.24, 2.45) is 0 Å². The number of Topliss-reactive ketones (excluding diaryl/α,β-unsaturated/α-hetero) is 1. The van der Waals surface area contributed by atoms with Crippen LogP contribution in [0.25, 0.3) is 0 Å². The number of carbonyl (C=O) groups is 3. The second kappa shape index (κ2) is 8.69. The zero-order valence-electron chi connectivity index (χ0n) is 16.1. The predicted molar refractivity (Wildman–Crippen MR) is 105 cm³/mol. The van der Waals surface area contributed by atoms with E-state index in [2.05, 4.69) is 0 Å². The molecular weight excluding hydrogens is 358 g/mol. The first kappa shape index (κ1) is 19.6. The van der Waals surface area contributed by atoms with Gasteiger partial charge in [0.15, 0.2) is 5.78 Å². The van der Waals surface area contributed by atoms with Gasteiger partial charge in [0.1, 0.15) is 12.4 Å². The number of esters is 1. The van der Waals surface area contributed by atoms with Gasteiger partial charge in [-0.25, -0.2) is 4.79 Å². The van der Waals surface area contributed by atoms with E-state index in [1.54, 1.807) is 41.3 Å². The van der Waals surface area contributed by atoms with Crippen LogP contribution in [0.5, 0.6) is 5.75 Å². The number of nitrogens with zero attached hydrogens (tertiary/aromatic N) is 1. The van der Waals surface area contributed by atoms with Crippen LogP contribution in [0.1, 0.15) is 53.0 Å². The lowest BCUT2D eigenvalue weighted by Crippen LogP contribution is -2.23. The van der Waals surface area contributed by atoms with Gasteiger partial charge in [0.2, 0.25) is 5.91 Å². The summed E-state index contributed by atoms with van der Waals surface area (Å²) < 4.78 is 11.0. The maximum atomic E-state index is 12.5. The molecule has 6 heteroatoms. The number of hydrogen-bond donors (Lipinski definition) is 0. The van der Waals surface area contributed by atoms with Crippen LogP contribution < -0.4 is 9.64 Å². The number of benzene rings is 2. The maximum absolute atomic E-state index is 12.5. The van der Waals surface area contributed by atoms with E-state index in [1.807, 2.05) is 13.0 Å². The molecule has 2 aromatic rings. The van der Waals surface area contributed by atoms with Crippen molar-refractivity contribution in [3.63, 3.8) is 0 Å². The standard InChI is InChI=1S/C22H23NO5/c1-3-27-20-10-9-16(15(2)24)12-18(20)14-28-22(26)17-6-4-7-19(13-17)23-11-5-8-21(23)25/h4,6-7,9-10,12-13H,3,5,8,11,14H2,1-2H3. The minimum absolute atomic E-state index is 0.0117. The molecule has 1 amide bonds. The van der Waals surface area contributed by atoms with Crippen molar-refractivity contribution in [1.29, 1.82) is 0 Å². The molecule has 0 atom stereocenters. The molecule has 0 bridgehead atoms. The molecule has 1 aliphatic rings. The van der Waals surface area contributed by atoms with Crippen LogP contribution in [-0.4, -0.2) is 30.8 Å². The van der Waals surface area contributed by atoms with Gasteiger partial charge in [-0.15, -0.1) is 0 Å². The zero-order valence-corrected chi connectivity index (χ0v) is 16.1. The third kappa shape index (κ3) is 4.39. The number of carbonyl (C=O) groups excluding carboxylic acids is 3. The third-order valence-electron chi connectivity index (χ3n) is 4.59. The van der Waals surface area contributed by atoms with E-state index < -0.39 is 5.97 Å². The smallest absolute Gasteiger partial charge is 0.338 e. The van der Waals surface area contributed by atoms with Crippen molar-refractivity contribution in [3.05, 3.63) is 59.2 Å². The van der Waals surface area contributed by atoms with Gasteiger partial charge in [-0.05, 0) is 56.7 Å². The Morgan fingerprint density at radius 3 is 2.61 bits per heavy atom. The molecular formula is C22H23NO5. The van der Waals surface area contributed by atoms with Crippen LogP contribution in [0.4, 0.5) is 5.69 Å². The minimum Gasteiger partial charge on any atom is -0.493 e. The second-order valence-electron chi connectivity index (χ2n) is 6.59. The van der Waals surface area contributed by atoms with E-state index in [0.717, 1.165) is 6.42 Å². The van der Waals surface area contributed by atoms with Gasteiger partial charge in [-0.1, -0.05) is 6.07 Å². The summed E-state index contributed by atoms with van der Waals surface area (Å²) in [6, 6.07) is 11.9. The molecule has 1 fully saturated rings. The van der Waals surface area contributed by atoms with Gasteiger partial charge in [-0.2, -0.15) is 0 Å². The molecule has 2 aromatic carbocycles. The van der Waals surface area contributed by atoms with E-state index in [1.165, 1.54) is 6.92 Å². The SMILES string of the molecule is CCOc1ccc(C(C)=O)cc1COC(=O)c1cccc(N2CCCC2=O)c1. The Morgan fingerprint density at radius 1 is 1.11 bits per heavy atom. The van der Waals surface area contributed by atoms with Crippen molar-refractivity contribution in [3.8, 4) is 5.75 Å². The molecule has 28 heavy (non-hydrogen) atoms. The Hall–Kier alpha value is -3.15. The Balaban J connectivity index is 1.74. The number of rotatable bonds is 7. The highest BCUT2D eigenvalue weighted by molar-refractivity contribution is 5.97. The van der Waals surface area contributed by atoms with Crippen LogP contribution in [0, 0.1) is 0 Å². The molecule has 6 nitrogen and oxygen atoms in total. The summed E-state index contributed by atoms with van der Waals surface area (Å²) in [6.07, 6.45) is 1.35. The molecule has 0 radical (unpaired) electrons. The van der Waals surface area contributed by atoms with Gasteiger partial charge < -0.3 is 14.4 Å². The summed E-state index contributed by atoms with van der Waals surface area (Å²) in [6.45, 7) is 4.46. The minimum atomic E-state index is -0.496.